The van der Waals surface area contributed by atoms with Crippen LogP contribution >= 0.6 is 35.0 Å². The molecular formula is C26H32Cl2N4O2S. The number of benzene rings is 1. The Bertz CT molecular complexity index is 1110. The number of aromatic nitrogens is 2. The third kappa shape index (κ3) is 8.69. The van der Waals surface area contributed by atoms with E-state index in [2.05, 4.69) is 53.1 Å². The average Bonchev–Trinajstić information content (AvgIpc) is 3.04. The van der Waals surface area contributed by atoms with Gasteiger partial charge in [0.15, 0.2) is 0 Å². The van der Waals surface area contributed by atoms with Crippen LogP contribution in [0, 0.1) is 6.92 Å². The zero-order chi connectivity index (χ0) is 26.0. The Morgan fingerprint density at radius 1 is 1.17 bits per heavy atom. The standard InChI is InChI=1S/C22H25Cl2N3S.C4H7NO2/c1-14(2)21-20(12-25-4)15(3)27(13-16-5-7-26-8-6-16)22(21)28-19-10-17(23)9-18(24)11-19;1-4(7)5-2-3-6/h5-11,14,25H,12-13H2,1-4H3;3H,2H2,1H3,(H,5,7). The molecule has 0 saturated carbocycles. The van der Waals surface area contributed by atoms with Gasteiger partial charge in [0.05, 0.1) is 11.6 Å². The van der Waals surface area contributed by atoms with Gasteiger partial charge in [-0.05, 0) is 66.9 Å². The summed E-state index contributed by atoms with van der Waals surface area (Å²) in [5, 5.41) is 8.17. The smallest absolute Gasteiger partial charge is 0.217 e. The number of hydrogen-bond acceptors (Lipinski definition) is 5. The second-order valence-corrected chi connectivity index (χ2v) is 10.2. The second kappa shape index (κ2) is 14.3. The van der Waals surface area contributed by atoms with Crippen molar-refractivity contribution in [2.24, 2.45) is 0 Å². The molecule has 0 radical (unpaired) electrons. The van der Waals surface area contributed by atoms with E-state index in [0.717, 1.165) is 18.0 Å². The van der Waals surface area contributed by atoms with Gasteiger partial charge in [0.1, 0.15) is 6.29 Å². The summed E-state index contributed by atoms with van der Waals surface area (Å²) in [4.78, 5) is 24.6. The number of halogens is 2. The molecule has 0 bridgehead atoms. The number of aldehydes is 1. The van der Waals surface area contributed by atoms with E-state index in [-0.39, 0.29) is 12.5 Å². The Balaban J connectivity index is 0.000000540. The normalized spacial score (nSPS) is 10.6. The van der Waals surface area contributed by atoms with Crippen molar-refractivity contribution in [1.82, 2.24) is 20.2 Å². The lowest BCUT2D eigenvalue weighted by atomic mass is 10.0. The molecule has 0 unspecified atom stereocenters. The molecule has 1 amide bonds. The highest BCUT2D eigenvalue weighted by atomic mass is 35.5. The lowest BCUT2D eigenvalue weighted by Gasteiger charge is -2.15. The van der Waals surface area contributed by atoms with E-state index in [9.17, 15) is 9.59 Å². The number of carbonyl (C=O) groups is 2. The van der Waals surface area contributed by atoms with Gasteiger partial charge in [0, 0.05) is 53.0 Å². The minimum Gasteiger partial charge on any atom is -0.350 e. The number of amides is 1. The molecule has 6 nitrogen and oxygen atoms in total. The fourth-order valence-corrected chi connectivity index (χ4v) is 5.67. The minimum atomic E-state index is -0.174. The first-order chi connectivity index (χ1) is 16.7. The molecule has 0 saturated heterocycles. The van der Waals surface area contributed by atoms with E-state index in [1.807, 2.05) is 31.6 Å². The molecule has 0 aliphatic carbocycles. The first-order valence-corrected chi connectivity index (χ1v) is 12.8. The summed E-state index contributed by atoms with van der Waals surface area (Å²) in [5.74, 6) is 0.227. The van der Waals surface area contributed by atoms with Crippen LogP contribution in [0.15, 0.2) is 52.6 Å². The quantitative estimate of drug-likeness (QED) is 0.336. The highest BCUT2D eigenvalue weighted by molar-refractivity contribution is 7.99. The van der Waals surface area contributed by atoms with E-state index in [4.69, 9.17) is 23.2 Å². The van der Waals surface area contributed by atoms with Gasteiger partial charge in [0.25, 0.3) is 0 Å². The highest BCUT2D eigenvalue weighted by Gasteiger charge is 2.23. The predicted octanol–water partition coefficient (Wildman–Crippen LogP) is 5.86. The van der Waals surface area contributed by atoms with Gasteiger partial charge < -0.3 is 20.0 Å². The Morgan fingerprint density at radius 2 is 1.80 bits per heavy atom. The maximum atomic E-state index is 9.93. The largest absolute Gasteiger partial charge is 0.350 e. The van der Waals surface area contributed by atoms with Crippen LogP contribution < -0.4 is 10.6 Å². The van der Waals surface area contributed by atoms with Crippen molar-refractivity contribution >= 4 is 47.2 Å². The minimum absolute atomic E-state index is 0.120. The molecule has 1 aromatic carbocycles. The summed E-state index contributed by atoms with van der Waals surface area (Å²) in [5.41, 5.74) is 5.25. The van der Waals surface area contributed by atoms with Crippen molar-refractivity contribution in [3.05, 3.63) is 75.2 Å². The van der Waals surface area contributed by atoms with Gasteiger partial charge in [0.2, 0.25) is 5.91 Å². The number of carbonyl (C=O) groups excluding carboxylic acids is 2. The lowest BCUT2D eigenvalue weighted by molar-refractivity contribution is -0.120. The molecule has 0 spiro atoms. The van der Waals surface area contributed by atoms with Crippen molar-refractivity contribution in [2.45, 2.75) is 56.6 Å². The van der Waals surface area contributed by atoms with Crippen molar-refractivity contribution in [3.63, 3.8) is 0 Å². The fraction of sp³-hybridized carbons (Fsp3) is 0.346. The van der Waals surface area contributed by atoms with Gasteiger partial charge >= 0.3 is 0 Å². The topological polar surface area (TPSA) is 76.0 Å². The van der Waals surface area contributed by atoms with Crippen molar-refractivity contribution < 1.29 is 9.59 Å². The first-order valence-electron chi connectivity index (χ1n) is 11.2. The summed E-state index contributed by atoms with van der Waals surface area (Å²) in [7, 11) is 1.99. The fourth-order valence-electron chi connectivity index (χ4n) is 3.64. The van der Waals surface area contributed by atoms with Crippen LogP contribution in [0.1, 0.15) is 49.1 Å². The summed E-state index contributed by atoms with van der Waals surface area (Å²) in [6.45, 7) is 9.83. The van der Waals surface area contributed by atoms with E-state index in [1.54, 1.807) is 17.8 Å². The maximum Gasteiger partial charge on any atom is 0.217 e. The summed E-state index contributed by atoms with van der Waals surface area (Å²) in [6.07, 6.45) is 4.33. The van der Waals surface area contributed by atoms with Crippen LogP contribution in [0.25, 0.3) is 0 Å². The van der Waals surface area contributed by atoms with Crippen LogP contribution in [0.3, 0.4) is 0 Å². The molecule has 0 aliphatic heterocycles. The molecule has 35 heavy (non-hydrogen) atoms. The van der Waals surface area contributed by atoms with Gasteiger partial charge in [-0.3, -0.25) is 9.78 Å². The van der Waals surface area contributed by atoms with Crippen LogP contribution in [0.4, 0.5) is 0 Å². The van der Waals surface area contributed by atoms with Crippen LogP contribution in [-0.2, 0) is 22.7 Å². The van der Waals surface area contributed by atoms with E-state index >= 15 is 0 Å². The Morgan fingerprint density at radius 3 is 2.29 bits per heavy atom. The lowest BCUT2D eigenvalue weighted by Crippen LogP contribution is -2.21. The molecule has 9 heteroatoms. The third-order valence-corrected chi connectivity index (χ3v) is 6.69. The van der Waals surface area contributed by atoms with Crippen LogP contribution in [-0.4, -0.2) is 35.3 Å². The zero-order valence-electron chi connectivity index (χ0n) is 20.7. The van der Waals surface area contributed by atoms with Crippen molar-refractivity contribution in [3.8, 4) is 0 Å². The molecule has 0 fully saturated rings. The van der Waals surface area contributed by atoms with Gasteiger partial charge in [-0.15, -0.1) is 0 Å². The van der Waals surface area contributed by atoms with Crippen molar-refractivity contribution in [1.29, 1.82) is 0 Å². The van der Waals surface area contributed by atoms with Crippen molar-refractivity contribution in [2.75, 3.05) is 13.6 Å². The van der Waals surface area contributed by atoms with Gasteiger partial charge in [-0.1, -0.05) is 48.8 Å². The summed E-state index contributed by atoms with van der Waals surface area (Å²) < 4.78 is 2.40. The Hall–Kier alpha value is -2.32. The number of nitrogens with one attached hydrogen (secondary N) is 2. The monoisotopic (exact) mass is 534 g/mol. The molecule has 0 aliphatic rings. The summed E-state index contributed by atoms with van der Waals surface area (Å²) >= 11 is 14.2. The molecule has 3 aromatic rings. The highest BCUT2D eigenvalue weighted by Crippen LogP contribution is 2.41. The van der Waals surface area contributed by atoms with Gasteiger partial charge in [-0.2, -0.15) is 0 Å². The number of nitrogens with zero attached hydrogens (tertiary/aromatic N) is 2. The van der Waals surface area contributed by atoms with E-state index in [0.29, 0.717) is 22.2 Å². The van der Waals surface area contributed by atoms with Crippen LogP contribution in [0.2, 0.25) is 10.0 Å². The molecule has 3 rings (SSSR count). The number of pyridine rings is 1. The van der Waals surface area contributed by atoms with E-state index in [1.165, 1.54) is 34.3 Å². The number of rotatable bonds is 9. The third-order valence-electron chi connectivity index (χ3n) is 5.15. The Kier molecular flexibility index (Phi) is 11.8. The predicted molar refractivity (Wildman–Crippen MR) is 145 cm³/mol. The molecule has 0 atom stereocenters. The number of hydrogen-bond donors (Lipinski definition) is 2. The van der Waals surface area contributed by atoms with Gasteiger partial charge in [-0.25, -0.2) is 0 Å². The molecule has 188 valence electrons. The maximum absolute atomic E-state index is 9.93. The zero-order valence-corrected chi connectivity index (χ0v) is 23.0. The SMILES string of the molecule is CC(=O)NCC=O.CNCc1c(C(C)C)c(Sc2cc(Cl)cc(Cl)c2)n(Cc2ccncc2)c1C. The Labute approximate surface area is 221 Å². The molecular weight excluding hydrogens is 503 g/mol. The van der Waals surface area contributed by atoms with E-state index < -0.39 is 0 Å². The molecule has 2 heterocycles. The van der Waals surface area contributed by atoms with Crippen LogP contribution in [0.5, 0.6) is 0 Å². The summed E-state index contributed by atoms with van der Waals surface area (Å²) in [6, 6.07) is 9.84. The average molecular weight is 536 g/mol. The first kappa shape index (κ1) is 28.9. The molecule has 2 N–H and O–H groups in total. The molecule has 2 aromatic heterocycles. The second-order valence-electron chi connectivity index (χ2n) is 8.22.